The molecule has 4 aromatic rings. The molecule has 0 fully saturated rings. The summed E-state index contributed by atoms with van der Waals surface area (Å²) in [7, 11) is -4.26. The van der Waals surface area contributed by atoms with Crippen molar-refractivity contribution in [3.8, 4) is 5.75 Å². The number of nitrogens with one attached hydrogen (secondary N) is 1. The quantitative estimate of drug-likeness (QED) is 0.138. The molecule has 1 N–H and O–H groups in total. The Morgan fingerprint density at radius 2 is 1.56 bits per heavy atom. The SMILES string of the molecule is CCOc1ccc(S(=O)(=O)N(CC(=O)N(Cc2ccc(Cl)cc2Cl)[C@@H](Cc2ccccc2)C(=O)N[C@H](C)CC)c2ccc(C)cc2)cc1. The highest BCUT2D eigenvalue weighted by atomic mass is 35.5. The smallest absolute Gasteiger partial charge is 0.264 e. The zero-order valence-corrected chi connectivity index (χ0v) is 29.9. The summed E-state index contributed by atoms with van der Waals surface area (Å²) >= 11 is 12.8. The van der Waals surface area contributed by atoms with Gasteiger partial charge in [0.05, 0.1) is 17.2 Å². The van der Waals surface area contributed by atoms with Crippen LogP contribution in [0.3, 0.4) is 0 Å². The molecule has 0 saturated carbocycles. The Balaban J connectivity index is 1.82. The number of sulfonamides is 1. The molecule has 0 aromatic heterocycles. The second-order valence-corrected chi connectivity index (χ2v) is 14.2. The Hall–Kier alpha value is -4.05. The first kappa shape index (κ1) is 36.8. The zero-order chi connectivity index (χ0) is 34.8. The normalized spacial score (nSPS) is 12.5. The first-order valence-electron chi connectivity index (χ1n) is 15.8. The number of aryl methyl sites for hydroxylation is 1. The van der Waals surface area contributed by atoms with Gasteiger partial charge in [0.15, 0.2) is 0 Å². The summed E-state index contributed by atoms with van der Waals surface area (Å²) in [6, 6.07) is 26.1. The number of ether oxygens (including phenoxy) is 1. The van der Waals surface area contributed by atoms with Crippen LogP contribution in [0.1, 0.15) is 43.9 Å². The minimum Gasteiger partial charge on any atom is -0.494 e. The summed E-state index contributed by atoms with van der Waals surface area (Å²) in [5.74, 6) is -0.421. The molecule has 0 aliphatic carbocycles. The Kier molecular flexibility index (Phi) is 12.9. The van der Waals surface area contributed by atoms with Gasteiger partial charge in [-0.05, 0) is 86.8 Å². The Bertz CT molecular complexity index is 1790. The molecule has 0 heterocycles. The zero-order valence-electron chi connectivity index (χ0n) is 27.5. The van der Waals surface area contributed by atoms with Gasteiger partial charge in [-0.3, -0.25) is 13.9 Å². The van der Waals surface area contributed by atoms with Crippen molar-refractivity contribution in [1.29, 1.82) is 0 Å². The number of nitrogens with zero attached hydrogens (tertiary/aromatic N) is 2. The van der Waals surface area contributed by atoms with Gasteiger partial charge in [0, 0.05) is 29.1 Å². The van der Waals surface area contributed by atoms with E-state index in [1.807, 2.05) is 58.0 Å². The maximum Gasteiger partial charge on any atom is 0.264 e. The summed E-state index contributed by atoms with van der Waals surface area (Å²) in [6.07, 6.45) is 0.874. The van der Waals surface area contributed by atoms with Crippen LogP contribution in [0.2, 0.25) is 10.0 Å². The lowest BCUT2D eigenvalue weighted by Crippen LogP contribution is -2.54. The van der Waals surface area contributed by atoms with Crippen molar-refractivity contribution < 1.29 is 22.7 Å². The number of carbonyl (C=O) groups is 2. The largest absolute Gasteiger partial charge is 0.494 e. The molecular weight excluding hydrogens is 669 g/mol. The first-order chi connectivity index (χ1) is 22.9. The molecule has 4 rings (SSSR count). The van der Waals surface area contributed by atoms with E-state index in [9.17, 15) is 18.0 Å². The molecule has 0 bridgehead atoms. The first-order valence-corrected chi connectivity index (χ1v) is 18.0. The summed E-state index contributed by atoms with van der Waals surface area (Å²) in [6.45, 7) is 7.37. The number of hydrogen-bond acceptors (Lipinski definition) is 5. The third-order valence-electron chi connectivity index (χ3n) is 7.95. The third kappa shape index (κ3) is 9.52. The summed E-state index contributed by atoms with van der Waals surface area (Å²) in [5.41, 5.74) is 2.61. The third-order valence-corrected chi connectivity index (χ3v) is 10.3. The molecule has 0 unspecified atom stereocenters. The Morgan fingerprint density at radius 1 is 0.896 bits per heavy atom. The van der Waals surface area contributed by atoms with Crippen LogP contribution in [0, 0.1) is 6.92 Å². The Labute approximate surface area is 293 Å². The van der Waals surface area contributed by atoms with Gasteiger partial charge < -0.3 is 15.0 Å². The molecule has 11 heteroatoms. The van der Waals surface area contributed by atoms with Crippen molar-refractivity contribution in [1.82, 2.24) is 10.2 Å². The van der Waals surface area contributed by atoms with Gasteiger partial charge >= 0.3 is 0 Å². The van der Waals surface area contributed by atoms with E-state index in [1.165, 1.54) is 17.0 Å². The summed E-state index contributed by atoms with van der Waals surface area (Å²) < 4.78 is 35.1. The minimum atomic E-state index is -4.26. The molecule has 4 aromatic carbocycles. The molecule has 254 valence electrons. The van der Waals surface area contributed by atoms with E-state index in [4.69, 9.17) is 27.9 Å². The maximum absolute atomic E-state index is 14.6. The average Bonchev–Trinajstić information content (AvgIpc) is 3.07. The molecule has 0 aliphatic heterocycles. The fourth-order valence-electron chi connectivity index (χ4n) is 5.07. The van der Waals surface area contributed by atoms with E-state index in [0.717, 1.165) is 15.4 Å². The summed E-state index contributed by atoms with van der Waals surface area (Å²) in [4.78, 5) is 30.0. The van der Waals surface area contributed by atoms with Crippen molar-refractivity contribution in [3.05, 3.63) is 124 Å². The number of amides is 2. The molecule has 0 spiro atoms. The van der Waals surface area contributed by atoms with Gasteiger partial charge in [-0.2, -0.15) is 0 Å². The summed E-state index contributed by atoms with van der Waals surface area (Å²) in [5, 5.41) is 3.77. The minimum absolute atomic E-state index is 0.0121. The second-order valence-electron chi connectivity index (χ2n) is 11.5. The fraction of sp³-hybridized carbons (Fsp3) is 0.297. The number of hydrogen-bond donors (Lipinski definition) is 1. The predicted octanol–water partition coefficient (Wildman–Crippen LogP) is 7.45. The van der Waals surface area contributed by atoms with Crippen LogP contribution < -0.4 is 14.4 Å². The molecule has 0 radical (unpaired) electrons. The monoisotopic (exact) mass is 709 g/mol. The molecule has 48 heavy (non-hydrogen) atoms. The van der Waals surface area contributed by atoms with E-state index < -0.39 is 28.5 Å². The fourth-order valence-corrected chi connectivity index (χ4v) is 6.95. The van der Waals surface area contributed by atoms with Crippen LogP contribution in [-0.2, 0) is 32.6 Å². The number of rotatable bonds is 15. The van der Waals surface area contributed by atoms with Crippen LogP contribution in [0.15, 0.2) is 102 Å². The lowest BCUT2D eigenvalue weighted by molar-refractivity contribution is -0.140. The van der Waals surface area contributed by atoms with Gasteiger partial charge in [-0.15, -0.1) is 0 Å². The molecule has 2 amide bonds. The van der Waals surface area contributed by atoms with Crippen molar-refractivity contribution in [2.45, 2.75) is 64.1 Å². The van der Waals surface area contributed by atoms with Crippen LogP contribution in [0.5, 0.6) is 5.75 Å². The molecule has 2 atom stereocenters. The van der Waals surface area contributed by atoms with Gasteiger partial charge in [0.2, 0.25) is 11.8 Å². The van der Waals surface area contributed by atoms with E-state index >= 15 is 0 Å². The van der Waals surface area contributed by atoms with Crippen molar-refractivity contribution in [3.63, 3.8) is 0 Å². The number of anilines is 1. The Morgan fingerprint density at radius 3 is 2.17 bits per heavy atom. The number of carbonyl (C=O) groups excluding carboxylic acids is 2. The highest BCUT2D eigenvalue weighted by Gasteiger charge is 2.35. The average molecular weight is 711 g/mol. The van der Waals surface area contributed by atoms with Crippen molar-refractivity contribution in [2.24, 2.45) is 0 Å². The highest BCUT2D eigenvalue weighted by Crippen LogP contribution is 2.28. The number of halogens is 2. The highest BCUT2D eigenvalue weighted by molar-refractivity contribution is 7.92. The molecule has 8 nitrogen and oxygen atoms in total. The van der Waals surface area contributed by atoms with Gasteiger partial charge in [0.1, 0.15) is 18.3 Å². The van der Waals surface area contributed by atoms with Crippen LogP contribution in [0.4, 0.5) is 5.69 Å². The number of benzene rings is 4. The van der Waals surface area contributed by atoms with Gasteiger partial charge in [0.25, 0.3) is 10.0 Å². The predicted molar refractivity (Wildman–Crippen MR) is 192 cm³/mol. The molecule has 0 saturated heterocycles. The second kappa shape index (κ2) is 16.9. The topological polar surface area (TPSA) is 96.0 Å². The van der Waals surface area contributed by atoms with Crippen molar-refractivity contribution >= 4 is 50.7 Å². The molecular formula is C37H41Cl2N3O5S. The van der Waals surface area contributed by atoms with E-state index in [-0.39, 0.29) is 29.8 Å². The lowest BCUT2D eigenvalue weighted by atomic mass is 10.0. The standard InChI is InChI=1S/C37H41Cl2N3O5S/c1-5-27(4)40-37(44)35(22-28-10-8-7-9-11-28)41(24-29-14-15-30(38)23-34(29)39)36(43)25-42(31-16-12-26(3)13-17-31)48(45,46)33-20-18-32(19-21-33)47-6-2/h7-21,23,27,35H,5-6,22,24-25H2,1-4H3,(H,40,44)/t27-,35+/m1/s1. The molecule has 0 aliphatic rings. The van der Waals surface area contributed by atoms with Crippen molar-refractivity contribution in [2.75, 3.05) is 17.5 Å². The van der Waals surface area contributed by atoms with Crippen LogP contribution in [-0.4, -0.2) is 50.4 Å². The van der Waals surface area contributed by atoms with Crippen LogP contribution >= 0.6 is 23.2 Å². The van der Waals surface area contributed by atoms with Gasteiger partial charge in [-0.1, -0.05) is 84.2 Å². The lowest BCUT2D eigenvalue weighted by Gasteiger charge is -2.34. The van der Waals surface area contributed by atoms with Crippen LogP contribution in [0.25, 0.3) is 0 Å². The van der Waals surface area contributed by atoms with Gasteiger partial charge in [-0.25, -0.2) is 8.42 Å². The van der Waals surface area contributed by atoms with E-state index in [2.05, 4.69) is 5.32 Å². The van der Waals surface area contributed by atoms with E-state index in [0.29, 0.717) is 40.1 Å². The maximum atomic E-state index is 14.6. The van der Waals surface area contributed by atoms with E-state index in [1.54, 1.807) is 54.6 Å².